The first kappa shape index (κ1) is 12.4. The molecular weight excluding hydrogens is 230 g/mol. The van der Waals surface area contributed by atoms with Crippen LogP contribution in [-0.4, -0.2) is 44.0 Å². The number of nitrogens with two attached hydrogens (primary N) is 1. The number of amidine groups is 1. The Morgan fingerprint density at radius 2 is 2.44 bits per heavy atom. The fraction of sp³-hybridized carbons (Fsp3) is 0.500. The van der Waals surface area contributed by atoms with E-state index in [1.807, 2.05) is 13.8 Å². The number of hydrogen-bond acceptors (Lipinski definition) is 6. The minimum absolute atomic E-state index is 0.0143. The lowest BCUT2D eigenvalue weighted by atomic mass is 10.3. The summed E-state index contributed by atoms with van der Waals surface area (Å²) in [5, 5.41) is 14.9. The Labute approximate surface area is 96.7 Å². The van der Waals surface area contributed by atoms with Gasteiger partial charge in [0.1, 0.15) is 4.88 Å². The molecular formula is C8H13N5O2S. The molecule has 0 aliphatic rings. The van der Waals surface area contributed by atoms with Crippen molar-refractivity contribution in [1.82, 2.24) is 14.5 Å². The van der Waals surface area contributed by atoms with Gasteiger partial charge in [0, 0.05) is 6.04 Å². The van der Waals surface area contributed by atoms with Crippen molar-refractivity contribution in [2.24, 2.45) is 10.9 Å². The van der Waals surface area contributed by atoms with E-state index in [0.717, 1.165) is 11.5 Å². The van der Waals surface area contributed by atoms with Gasteiger partial charge in [-0.3, -0.25) is 4.79 Å². The van der Waals surface area contributed by atoms with Gasteiger partial charge >= 0.3 is 0 Å². The highest BCUT2D eigenvalue weighted by Gasteiger charge is 2.21. The summed E-state index contributed by atoms with van der Waals surface area (Å²) >= 11 is 1.02. The van der Waals surface area contributed by atoms with Crippen LogP contribution in [0.15, 0.2) is 11.4 Å². The quantitative estimate of drug-likeness (QED) is 0.338. The molecule has 0 saturated carbocycles. The molecule has 0 aliphatic heterocycles. The van der Waals surface area contributed by atoms with Crippen molar-refractivity contribution in [2.45, 2.75) is 19.9 Å². The minimum Gasteiger partial charge on any atom is -0.409 e. The zero-order valence-corrected chi connectivity index (χ0v) is 9.81. The first-order chi connectivity index (χ1) is 7.56. The third-order valence-corrected chi connectivity index (χ3v) is 2.57. The zero-order chi connectivity index (χ0) is 12.1. The fourth-order valence-electron chi connectivity index (χ4n) is 1.10. The smallest absolute Gasteiger partial charge is 0.267 e. The SMILES string of the molecule is CC(C)N(CC(N)=NO)C(=O)c1cnns1. The Hall–Kier alpha value is -1.70. The largest absolute Gasteiger partial charge is 0.409 e. The molecule has 16 heavy (non-hydrogen) atoms. The van der Waals surface area contributed by atoms with Crippen LogP contribution in [0.3, 0.4) is 0 Å². The minimum atomic E-state index is -0.225. The van der Waals surface area contributed by atoms with Crippen LogP contribution in [0.25, 0.3) is 0 Å². The molecule has 0 bridgehead atoms. The summed E-state index contributed by atoms with van der Waals surface area (Å²) in [6.45, 7) is 3.76. The van der Waals surface area contributed by atoms with Crippen molar-refractivity contribution in [3.63, 3.8) is 0 Å². The maximum atomic E-state index is 12.0. The summed E-state index contributed by atoms with van der Waals surface area (Å²) in [6.07, 6.45) is 1.40. The second kappa shape index (κ2) is 5.40. The van der Waals surface area contributed by atoms with E-state index < -0.39 is 0 Å². The Bertz CT molecular complexity index is 376. The molecule has 0 radical (unpaired) electrons. The summed E-state index contributed by atoms with van der Waals surface area (Å²) < 4.78 is 3.62. The van der Waals surface area contributed by atoms with Gasteiger partial charge in [-0.2, -0.15) is 0 Å². The molecule has 0 saturated heterocycles. The lowest BCUT2D eigenvalue weighted by Crippen LogP contribution is -2.42. The number of carbonyl (C=O) groups is 1. The van der Waals surface area contributed by atoms with E-state index in [4.69, 9.17) is 10.9 Å². The van der Waals surface area contributed by atoms with E-state index >= 15 is 0 Å². The van der Waals surface area contributed by atoms with Crippen LogP contribution in [0.5, 0.6) is 0 Å². The Kier molecular flexibility index (Phi) is 4.18. The van der Waals surface area contributed by atoms with Crippen molar-refractivity contribution < 1.29 is 10.0 Å². The van der Waals surface area contributed by atoms with E-state index in [9.17, 15) is 4.79 Å². The number of oxime groups is 1. The van der Waals surface area contributed by atoms with Crippen molar-refractivity contribution in [3.8, 4) is 0 Å². The zero-order valence-electron chi connectivity index (χ0n) is 8.99. The molecule has 1 heterocycles. The van der Waals surface area contributed by atoms with E-state index in [-0.39, 0.29) is 24.3 Å². The van der Waals surface area contributed by atoms with Gasteiger partial charge in [-0.15, -0.1) is 5.10 Å². The van der Waals surface area contributed by atoms with Crippen LogP contribution in [0.1, 0.15) is 23.5 Å². The maximum absolute atomic E-state index is 12.0. The molecule has 0 atom stereocenters. The summed E-state index contributed by atoms with van der Waals surface area (Å²) in [6, 6.07) is -0.0603. The van der Waals surface area contributed by atoms with Crippen LogP contribution >= 0.6 is 11.5 Å². The van der Waals surface area contributed by atoms with Crippen molar-refractivity contribution in [2.75, 3.05) is 6.54 Å². The summed E-state index contributed by atoms with van der Waals surface area (Å²) in [5.41, 5.74) is 5.38. The fourth-order valence-corrected chi connectivity index (χ4v) is 1.57. The summed E-state index contributed by atoms with van der Waals surface area (Å²) in [7, 11) is 0. The van der Waals surface area contributed by atoms with Gasteiger partial charge in [0.25, 0.3) is 5.91 Å². The highest BCUT2D eigenvalue weighted by Crippen LogP contribution is 2.10. The van der Waals surface area contributed by atoms with Gasteiger partial charge < -0.3 is 15.8 Å². The molecule has 7 nitrogen and oxygen atoms in total. The third-order valence-electron chi connectivity index (χ3n) is 1.92. The Morgan fingerprint density at radius 3 is 2.88 bits per heavy atom. The second-order valence-electron chi connectivity index (χ2n) is 3.40. The standard InChI is InChI=1S/C8H13N5O2S/c1-5(2)13(4-7(9)11-15)8(14)6-3-10-12-16-6/h3,5,15H,4H2,1-2H3,(H2,9,11). The average molecular weight is 243 g/mol. The van der Waals surface area contributed by atoms with Crippen LogP contribution in [-0.2, 0) is 0 Å². The van der Waals surface area contributed by atoms with Gasteiger partial charge in [0.05, 0.1) is 12.7 Å². The monoisotopic (exact) mass is 243 g/mol. The summed E-state index contributed by atoms with van der Waals surface area (Å²) in [4.78, 5) is 13.9. The first-order valence-corrected chi connectivity index (χ1v) is 5.38. The number of rotatable bonds is 4. The molecule has 1 rings (SSSR count). The average Bonchev–Trinajstić information content (AvgIpc) is 2.77. The topological polar surface area (TPSA) is 105 Å². The number of hydrogen-bond donors (Lipinski definition) is 2. The molecule has 3 N–H and O–H groups in total. The lowest BCUT2D eigenvalue weighted by molar-refractivity contribution is 0.0738. The molecule has 0 spiro atoms. The number of aromatic nitrogens is 2. The van der Waals surface area contributed by atoms with Crippen LogP contribution in [0.4, 0.5) is 0 Å². The molecule has 0 unspecified atom stereocenters. The number of nitrogens with zero attached hydrogens (tertiary/aromatic N) is 4. The van der Waals surface area contributed by atoms with Gasteiger partial charge in [-0.1, -0.05) is 9.64 Å². The van der Waals surface area contributed by atoms with Gasteiger partial charge in [-0.25, -0.2) is 0 Å². The Balaban J connectivity index is 2.82. The molecule has 0 aliphatic carbocycles. The molecule has 0 fully saturated rings. The first-order valence-electron chi connectivity index (χ1n) is 4.61. The predicted octanol–water partition coefficient (Wildman–Crippen LogP) is 0.135. The molecule has 88 valence electrons. The van der Waals surface area contributed by atoms with Crippen LogP contribution in [0, 0.1) is 0 Å². The van der Waals surface area contributed by atoms with Gasteiger partial charge in [-0.05, 0) is 25.4 Å². The molecule has 1 amide bonds. The van der Waals surface area contributed by atoms with Crippen LogP contribution in [0.2, 0.25) is 0 Å². The van der Waals surface area contributed by atoms with E-state index in [2.05, 4.69) is 14.7 Å². The Morgan fingerprint density at radius 1 is 1.75 bits per heavy atom. The third kappa shape index (κ3) is 2.89. The molecule has 0 aromatic carbocycles. The van der Waals surface area contributed by atoms with E-state index in [0.29, 0.717) is 4.88 Å². The van der Waals surface area contributed by atoms with E-state index in [1.165, 1.54) is 11.1 Å². The predicted molar refractivity (Wildman–Crippen MR) is 59.5 cm³/mol. The highest BCUT2D eigenvalue weighted by molar-refractivity contribution is 7.07. The normalized spacial score (nSPS) is 11.8. The van der Waals surface area contributed by atoms with Crippen molar-refractivity contribution in [1.29, 1.82) is 0 Å². The van der Waals surface area contributed by atoms with Crippen molar-refractivity contribution in [3.05, 3.63) is 11.1 Å². The van der Waals surface area contributed by atoms with E-state index in [1.54, 1.807) is 0 Å². The molecule has 1 aromatic heterocycles. The van der Waals surface area contributed by atoms with Crippen molar-refractivity contribution >= 4 is 23.3 Å². The lowest BCUT2D eigenvalue weighted by Gasteiger charge is -2.25. The molecule has 1 aromatic rings. The molecule has 8 heteroatoms. The van der Waals surface area contributed by atoms with Gasteiger partial charge in [0.2, 0.25) is 0 Å². The highest BCUT2D eigenvalue weighted by atomic mass is 32.1. The van der Waals surface area contributed by atoms with Crippen LogP contribution < -0.4 is 5.73 Å². The van der Waals surface area contributed by atoms with Gasteiger partial charge in [0.15, 0.2) is 5.84 Å². The second-order valence-corrected chi connectivity index (χ2v) is 4.19. The number of carbonyl (C=O) groups excluding carboxylic acids is 1. The number of amides is 1. The summed E-state index contributed by atoms with van der Waals surface area (Å²) in [5.74, 6) is -0.240. The maximum Gasteiger partial charge on any atom is 0.267 e.